The number of aliphatic hydroxyl groups is 1. The number of rotatable bonds is 3. The van der Waals surface area contributed by atoms with E-state index < -0.39 is 6.10 Å². The molecular formula is C24H27NO3. The number of methoxy groups -OCH3 is 1. The number of ether oxygens (including phenoxy) is 2. The Balaban J connectivity index is 1.61. The molecule has 3 aliphatic rings. The lowest BCUT2D eigenvalue weighted by atomic mass is 9.68. The Hall–Kier alpha value is -2.30. The van der Waals surface area contributed by atoms with Gasteiger partial charge in [-0.3, -0.25) is 4.90 Å². The molecule has 0 amide bonds. The minimum atomic E-state index is -0.441. The van der Waals surface area contributed by atoms with Crippen molar-refractivity contribution in [3.05, 3.63) is 70.8 Å². The van der Waals surface area contributed by atoms with Gasteiger partial charge in [0.1, 0.15) is 6.10 Å². The van der Waals surface area contributed by atoms with Gasteiger partial charge in [0.05, 0.1) is 18.6 Å². The molecular weight excluding hydrogens is 350 g/mol. The van der Waals surface area contributed by atoms with Gasteiger partial charge in [0, 0.05) is 31.6 Å². The van der Waals surface area contributed by atoms with E-state index in [1.807, 2.05) is 6.08 Å². The quantitative estimate of drug-likeness (QED) is 0.828. The van der Waals surface area contributed by atoms with Gasteiger partial charge in [0.15, 0.2) is 11.5 Å². The molecule has 3 atom stereocenters. The van der Waals surface area contributed by atoms with Gasteiger partial charge in [-0.2, -0.15) is 0 Å². The van der Waals surface area contributed by atoms with Crippen LogP contribution in [0.3, 0.4) is 0 Å². The van der Waals surface area contributed by atoms with E-state index in [1.165, 1.54) is 22.3 Å². The van der Waals surface area contributed by atoms with Gasteiger partial charge in [-0.25, -0.2) is 0 Å². The third-order valence-corrected chi connectivity index (χ3v) is 6.64. The molecule has 5 rings (SSSR count). The minimum Gasteiger partial charge on any atom is -0.493 e. The molecule has 4 nitrogen and oxygen atoms in total. The topological polar surface area (TPSA) is 41.9 Å². The van der Waals surface area contributed by atoms with Crippen molar-refractivity contribution in [1.29, 1.82) is 0 Å². The number of aliphatic hydroxyl groups excluding tert-OH is 1. The van der Waals surface area contributed by atoms with Crippen molar-refractivity contribution >= 4 is 0 Å². The predicted molar refractivity (Wildman–Crippen MR) is 109 cm³/mol. The van der Waals surface area contributed by atoms with E-state index in [0.717, 1.165) is 37.6 Å². The monoisotopic (exact) mass is 377 g/mol. The fourth-order valence-corrected chi connectivity index (χ4v) is 5.20. The Labute approximate surface area is 166 Å². The molecule has 1 N–H and O–H groups in total. The fourth-order valence-electron chi connectivity index (χ4n) is 5.20. The highest BCUT2D eigenvalue weighted by Crippen LogP contribution is 2.56. The number of benzene rings is 2. The van der Waals surface area contributed by atoms with E-state index in [9.17, 15) is 5.11 Å². The van der Waals surface area contributed by atoms with Gasteiger partial charge in [0.2, 0.25) is 0 Å². The van der Waals surface area contributed by atoms with Crippen LogP contribution in [0.2, 0.25) is 0 Å². The minimum absolute atomic E-state index is 0.0337. The Morgan fingerprint density at radius 3 is 2.89 bits per heavy atom. The summed E-state index contributed by atoms with van der Waals surface area (Å²) < 4.78 is 12.1. The second kappa shape index (κ2) is 6.64. The Morgan fingerprint density at radius 1 is 1.29 bits per heavy atom. The van der Waals surface area contributed by atoms with Gasteiger partial charge >= 0.3 is 0 Å². The highest BCUT2D eigenvalue weighted by Gasteiger charge is 2.53. The molecule has 0 saturated carbocycles. The van der Waals surface area contributed by atoms with Crippen LogP contribution in [0.1, 0.15) is 35.1 Å². The summed E-state index contributed by atoms with van der Waals surface area (Å²) in [6, 6.07) is 12.8. The largest absolute Gasteiger partial charge is 0.493 e. The summed E-state index contributed by atoms with van der Waals surface area (Å²) in [5.41, 5.74) is 5.06. The Morgan fingerprint density at radius 2 is 2.11 bits per heavy atom. The summed E-state index contributed by atoms with van der Waals surface area (Å²) in [6.07, 6.45) is 5.32. The van der Waals surface area contributed by atoms with Crippen molar-refractivity contribution in [2.45, 2.75) is 50.5 Å². The van der Waals surface area contributed by atoms with E-state index in [-0.39, 0.29) is 11.5 Å². The first kappa shape index (κ1) is 17.8. The molecule has 146 valence electrons. The molecule has 0 fully saturated rings. The molecule has 0 radical (unpaired) electrons. The summed E-state index contributed by atoms with van der Waals surface area (Å²) in [7, 11) is 1.71. The number of hydrogen-bond acceptors (Lipinski definition) is 4. The molecule has 2 aromatic carbocycles. The average molecular weight is 377 g/mol. The summed E-state index contributed by atoms with van der Waals surface area (Å²) in [4.78, 5) is 2.54. The Kier molecular flexibility index (Phi) is 4.22. The van der Waals surface area contributed by atoms with Gasteiger partial charge in [-0.05, 0) is 36.1 Å². The SMILES string of the molecule is COc1cc(C)c2c3c1OC1C[C@@H](O)C=CC31CCN(Cc1ccccc1)C2. The smallest absolute Gasteiger partial charge is 0.166 e. The lowest BCUT2D eigenvalue weighted by Gasteiger charge is -2.36. The number of aryl methyl sites for hydroxylation is 1. The van der Waals surface area contributed by atoms with Crippen LogP contribution in [0, 0.1) is 6.92 Å². The molecule has 4 heteroatoms. The van der Waals surface area contributed by atoms with Crippen LogP contribution in [0.5, 0.6) is 11.5 Å². The summed E-state index contributed by atoms with van der Waals surface area (Å²) in [5.74, 6) is 1.69. The first-order valence-corrected chi connectivity index (χ1v) is 10.1. The molecule has 2 aromatic rings. The zero-order valence-electron chi connectivity index (χ0n) is 16.5. The predicted octanol–water partition coefficient (Wildman–Crippen LogP) is 3.73. The summed E-state index contributed by atoms with van der Waals surface area (Å²) in [6.45, 7) is 5.01. The molecule has 1 spiro atoms. The third kappa shape index (κ3) is 2.66. The van der Waals surface area contributed by atoms with Crippen LogP contribution in [0.25, 0.3) is 0 Å². The van der Waals surface area contributed by atoms with Crippen LogP contribution in [0.4, 0.5) is 0 Å². The van der Waals surface area contributed by atoms with Crippen molar-refractivity contribution in [1.82, 2.24) is 4.90 Å². The second-order valence-corrected chi connectivity index (χ2v) is 8.33. The van der Waals surface area contributed by atoms with E-state index in [0.29, 0.717) is 6.42 Å². The summed E-state index contributed by atoms with van der Waals surface area (Å²) >= 11 is 0. The average Bonchev–Trinajstić information content (AvgIpc) is 2.93. The van der Waals surface area contributed by atoms with Crippen molar-refractivity contribution in [3.63, 3.8) is 0 Å². The van der Waals surface area contributed by atoms with E-state index >= 15 is 0 Å². The van der Waals surface area contributed by atoms with Crippen molar-refractivity contribution in [2.75, 3.05) is 13.7 Å². The number of hydrogen-bond donors (Lipinski definition) is 1. The molecule has 0 bridgehead atoms. The normalized spacial score (nSPS) is 28.2. The van der Waals surface area contributed by atoms with Crippen molar-refractivity contribution in [3.8, 4) is 11.5 Å². The molecule has 1 aliphatic carbocycles. The third-order valence-electron chi connectivity index (χ3n) is 6.64. The van der Waals surface area contributed by atoms with Gasteiger partial charge in [0.25, 0.3) is 0 Å². The molecule has 2 unspecified atom stereocenters. The lowest BCUT2D eigenvalue weighted by Crippen LogP contribution is -2.43. The van der Waals surface area contributed by atoms with Crippen molar-refractivity contribution < 1.29 is 14.6 Å². The van der Waals surface area contributed by atoms with E-state index in [2.05, 4.69) is 54.3 Å². The van der Waals surface area contributed by atoms with Gasteiger partial charge in [-0.1, -0.05) is 42.5 Å². The maximum Gasteiger partial charge on any atom is 0.166 e. The molecule has 2 heterocycles. The molecule has 0 saturated heterocycles. The van der Waals surface area contributed by atoms with Gasteiger partial charge in [-0.15, -0.1) is 0 Å². The van der Waals surface area contributed by atoms with Crippen LogP contribution in [-0.4, -0.2) is 35.9 Å². The van der Waals surface area contributed by atoms with Crippen LogP contribution < -0.4 is 9.47 Å². The standard InChI is InChI=1S/C24H27NO3/c1-16-12-20(27-2)23-22-19(16)15-25(14-17-6-4-3-5-7-17)11-10-24(22)9-8-18(26)13-21(24)28-23/h3-9,12,18,21,26H,10-11,13-15H2,1-2H3/t18-,21?,24?/m0/s1. The first-order valence-electron chi connectivity index (χ1n) is 10.1. The fraction of sp³-hybridized carbons (Fsp3) is 0.417. The second-order valence-electron chi connectivity index (χ2n) is 8.33. The molecule has 2 aliphatic heterocycles. The van der Waals surface area contributed by atoms with Crippen molar-refractivity contribution in [2.24, 2.45) is 0 Å². The summed E-state index contributed by atoms with van der Waals surface area (Å²) in [5, 5.41) is 10.2. The highest BCUT2D eigenvalue weighted by molar-refractivity contribution is 5.63. The first-order chi connectivity index (χ1) is 13.6. The zero-order valence-corrected chi connectivity index (χ0v) is 16.5. The van der Waals surface area contributed by atoms with E-state index in [1.54, 1.807) is 7.11 Å². The molecule has 0 aromatic heterocycles. The van der Waals surface area contributed by atoms with E-state index in [4.69, 9.17) is 9.47 Å². The number of nitrogens with zero attached hydrogens (tertiary/aromatic N) is 1. The Bertz CT molecular complexity index is 923. The molecule has 28 heavy (non-hydrogen) atoms. The maximum absolute atomic E-state index is 10.2. The zero-order chi connectivity index (χ0) is 19.3. The van der Waals surface area contributed by atoms with Crippen LogP contribution in [-0.2, 0) is 18.5 Å². The van der Waals surface area contributed by atoms with Crippen LogP contribution >= 0.6 is 0 Å². The highest BCUT2D eigenvalue weighted by atomic mass is 16.5. The van der Waals surface area contributed by atoms with Gasteiger partial charge < -0.3 is 14.6 Å². The lowest BCUT2D eigenvalue weighted by molar-refractivity contribution is 0.0806. The maximum atomic E-state index is 10.2. The van der Waals surface area contributed by atoms with Crippen LogP contribution in [0.15, 0.2) is 48.6 Å².